The predicted molar refractivity (Wildman–Crippen MR) is 89.9 cm³/mol. The van der Waals surface area contributed by atoms with E-state index in [-0.39, 0.29) is 11.8 Å². The highest BCUT2D eigenvalue weighted by Gasteiger charge is 2.26. The maximum absolute atomic E-state index is 12.6. The monoisotopic (exact) mass is 302 g/mol. The summed E-state index contributed by atoms with van der Waals surface area (Å²) in [7, 11) is 3.74. The molecule has 0 aliphatic carbocycles. The van der Waals surface area contributed by atoms with Crippen molar-refractivity contribution in [3.8, 4) is 5.75 Å². The molecule has 1 atom stereocenters. The van der Waals surface area contributed by atoms with E-state index in [0.717, 1.165) is 37.5 Å². The van der Waals surface area contributed by atoms with E-state index in [2.05, 4.69) is 24.1 Å². The molecule has 2 rings (SSSR count). The third-order valence-corrected chi connectivity index (χ3v) is 4.18. The number of hydrogen-bond donors (Lipinski definition) is 0. The molecule has 1 unspecified atom stereocenters. The third-order valence-electron chi connectivity index (χ3n) is 4.18. The molecule has 1 aliphatic rings. The van der Waals surface area contributed by atoms with Crippen LogP contribution in [0.2, 0.25) is 0 Å². The Bertz CT molecular complexity index is 550. The summed E-state index contributed by atoms with van der Waals surface area (Å²) in [6, 6.07) is 8.04. The summed E-state index contributed by atoms with van der Waals surface area (Å²) in [4.78, 5) is 16.8. The molecule has 1 aliphatic heterocycles. The zero-order valence-electron chi connectivity index (χ0n) is 14.0. The summed E-state index contributed by atoms with van der Waals surface area (Å²) < 4.78 is 5.30. The first kappa shape index (κ1) is 16.6. The summed E-state index contributed by atoms with van der Waals surface area (Å²) in [6.45, 7) is 7.22. The van der Waals surface area contributed by atoms with Crippen LogP contribution in [-0.4, -0.2) is 56.0 Å². The highest BCUT2D eigenvalue weighted by atomic mass is 16.5. The van der Waals surface area contributed by atoms with Crippen LogP contribution in [-0.2, 0) is 4.79 Å². The standard InChI is InChI=1S/C18H26N2O2/c1-5-20(6-2)18(21)16-10-15(12-19(3)13-16)14-8-7-9-17(11-14)22-4/h7-11,16H,5-6,12-13H2,1-4H3. The van der Waals surface area contributed by atoms with Gasteiger partial charge in [-0.05, 0) is 44.2 Å². The Kier molecular flexibility index (Phi) is 5.61. The van der Waals surface area contributed by atoms with Crippen molar-refractivity contribution in [2.75, 3.05) is 40.3 Å². The van der Waals surface area contributed by atoms with Crippen molar-refractivity contribution in [3.05, 3.63) is 35.9 Å². The van der Waals surface area contributed by atoms with Gasteiger partial charge in [-0.25, -0.2) is 0 Å². The van der Waals surface area contributed by atoms with Crippen molar-refractivity contribution >= 4 is 11.5 Å². The zero-order chi connectivity index (χ0) is 16.1. The van der Waals surface area contributed by atoms with Crippen molar-refractivity contribution in [1.29, 1.82) is 0 Å². The van der Waals surface area contributed by atoms with Gasteiger partial charge < -0.3 is 14.5 Å². The lowest BCUT2D eigenvalue weighted by molar-refractivity contribution is -0.134. The minimum absolute atomic E-state index is 0.0696. The number of carbonyl (C=O) groups is 1. The van der Waals surface area contributed by atoms with Crippen molar-refractivity contribution in [2.45, 2.75) is 13.8 Å². The highest BCUT2D eigenvalue weighted by molar-refractivity contribution is 5.84. The Morgan fingerprint density at radius 3 is 2.73 bits per heavy atom. The fraction of sp³-hybridized carbons (Fsp3) is 0.500. The van der Waals surface area contributed by atoms with E-state index in [4.69, 9.17) is 4.74 Å². The van der Waals surface area contributed by atoms with Crippen LogP contribution in [0.5, 0.6) is 5.75 Å². The lowest BCUT2D eigenvalue weighted by Gasteiger charge is -2.32. The zero-order valence-corrected chi connectivity index (χ0v) is 14.0. The van der Waals surface area contributed by atoms with Gasteiger partial charge in [0.25, 0.3) is 0 Å². The molecule has 120 valence electrons. The van der Waals surface area contributed by atoms with Gasteiger partial charge in [-0.3, -0.25) is 4.79 Å². The first-order valence-corrected chi connectivity index (χ1v) is 7.91. The average molecular weight is 302 g/mol. The second kappa shape index (κ2) is 7.45. The topological polar surface area (TPSA) is 32.8 Å². The Morgan fingerprint density at radius 1 is 1.36 bits per heavy atom. The minimum atomic E-state index is -0.0696. The SMILES string of the molecule is CCN(CC)C(=O)C1C=C(c2cccc(OC)c2)CN(C)C1. The van der Waals surface area contributed by atoms with Gasteiger partial charge in [0.2, 0.25) is 5.91 Å². The molecule has 4 nitrogen and oxygen atoms in total. The summed E-state index contributed by atoms with van der Waals surface area (Å²) in [5, 5.41) is 0. The number of benzene rings is 1. The van der Waals surface area contributed by atoms with Crippen LogP contribution in [0.1, 0.15) is 19.4 Å². The smallest absolute Gasteiger partial charge is 0.230 e. The Hall–Kier alpha value is -1.81. The normalized spacial score (nSPS) is 18.7. The van der Waals surface area contributed by atoms with Gasteiger partial charge in [-0.15, -0.1) is 0 Å². The van der Waals surface area contributed by atoms with E-state index in [1.54, 1.807) is 7.11 Å². The second-order valence-corrected chi connectivity index (χ2v) is 5.74. The minimum Gasteiger partial charge on any atom is -0.497 e. The third kappa shape index (κ3) is 3.69. The number of amides is 1. The fourth-order valence-corrected chi connectivity index (χ4v) is 2.97. The van der Waals surface area contributed by atoms with E-state index in [0.29, 0.717) is 0 Å². The number of carbonyl (C=O) groups excluding carboxylic acids is 1. The second-order valence-electron chi connectivity index (χ2n) is 5.74. The summed E-state index contributed by atoms with van der Waals surface area (Å²) in [6.07, 6.45) is 2.13. The van der Waals surface area contributed by atoms with Crippen LogP contribution < -0.4 is 4.74 Å². The van der Waals surface area contributed by atoms with Crippen molar-refractivity contribution in [2.24, 2.45) is 5.92 Å². The van der Waals surface area contributed by atoms with Gasteiger partial charge in [0.05, 0.1) is 13.0 Å². The number of hydrogen-bond acceptors (Lipinski definition) is 3. The number of ether oxygens (including phenoxy) is 1. The Labute approximate surface area is 133 Å². The van der Waals surface area contributed by atoms with Crippen LogP contribution in [0.15, 0.2) is 30.3 Å². The van der Waals surface area contributed by atoms with Gasteiger partial charge in [0.15, 0.2) is 0 Å². The van der Waals surface area contributed by atoms with Gasteiger partial charge in [0, 0.05) is 26.2 Å². The molecule has 4 heteroatoms. The van der Waals surface area contributed by atoms with Crippen molar-refractivity contribution < 1.29 is 9.53 Å². The lowest BCUT2D eigenvalue weighted by atomic mass is 9.94. The molecule has 0 saturated heterocycles. The predicted octanol–water partition coefficient (Wildman–Crippen LogP) is 2.51. The molecule has 0 aromatic heterocycles. The molecule has 0 bridgehead atoms. The lowest BCUT2D eigenvalue weighted by Crippen LogP contribution is -2.42. The first-order chi connectivity index (χ1) is 10.6. The summed E-state index contributed by atoms with van der Waals surface area (Å²) >= 11 is 0. The quantitative estimate of drug-likeness (QED) is 0.838. The molecule has 0 saturated carbocycles. The van der Waals surface area contributed by atoms with Crippen LogP contribution in [0.4, 0.5) is 0 Å². The summed E-state index contributed by atoms with van der Waals surface area (Å²) in [5.74, 6) is 0.995. The average Bonchev–Trinajstić information content (AvgIpc) is 2.55. The number of methoxy groups -OCH3 is 1. The van der Waals surface area contributed by atoms with E-state index < -0.39 is 0 Å². The Morgan fingerprint density at radius 2 is 2.09 bits per heavy atom. The molecule has 1 aromatic rings. The molecule has 1 amide bonds. The maximum atomic E-state index is 12.6. The van der Waals surface area contributed by atoms with E-state index >= 15 is 0 Å². The van der Waals surface area contributed by atoms with Crippen LogP contribution in [0.25, 0.3) is 5.57 Å². The highest BCUT2D eigenvalue weighted by Crippen LogP contribution is 2.26. The molecule has 0 N–H and O–H groups in total. The fourth-order valence-electron chi connectivity index (χ4n) is 2.97. The van der Waals surface area contributed by atoms with Crippen LogP contribution >= 0.6 is 0 Å². The molecular formula is C18H26N2O2. The number of likely N-dealkylation sites (N-methyl/N-ethyl adjacent to an activating group) is 1. The summed E-state index contributed by atoms with van der Waals surface area (Å²) in [5.41, 5.74) is 2.32. The number of nitrogens with zero attached hydrogens (tertiary/aromatic N) is 2. The van der Waals surface area contributed by atoms with Gasteiger partial charge in [-0.1, -0.05) is 18.2 Å². The molecule has 22 heavy (non-hydrogen) atoms. The van der Waals surface area contributed by atoms with Crippen LogP contribution in [0.3, 0.4) is 0 Å². The van der Waals surface area contributed by atoms with E-state index in [9.17, 15) is 4.79 Å². The largest absolute Gasteiger partial charge is 0.497 e. The molecule has 1 heterocycles. The van der Waals surface area contributed by atoms with Gasteiger partial charge >= 0.3 is 0 Å². The van der Waals surface area contributed by atoms with Gasteiger partial charge in [0.1, 0.15) is 5.75 Å². The van der Waals surface area contributed by atoms with Crippen LogP contribution in [0, 0.1) is 5.92 Å². The molecular weight excluding hydrogens is 276 g/mol. The van der Waals surface area contributed by atoms with Crippen molar-refractivity contribution in [3.63, 3.8) is 0 Å². The first-order valence-electron chi connectivity index (χ1n) is 7.91. The Balaban J connectivity index is 2.28. The van der Waals surface area contributed by atoms with E-state index in [1.807, 2.05) is 36.9 Å². The molecule has 0 radical (unpaired) electrons. The molecule has 0 fully saturated rings. The maximum Gasteiger partial charge on any atom is 0.230 e. The van der Waals surface area contributed by atoms with E-state index in [1.165, 1.54) is 5.57 Å². The molecule has 0 spiro atoms. The number of rotatable bonds is 5. The van der Waals surface area contributed by atoms with Gasteiger partial charge in [-0.2, -0.15) is 0 Å². The molecule has 1 aromatic carbocycles. The van der Waals surface area contributed by atoms with Crippen molar-refractivity contribution in [1.82, 2.24) is 9.80 Å².